The van der Waals surface area contributed by atoms with Crippen molar-refractivity contribution in [3.8, 4) is 6.07 Å². The van der Waals surface area contributed by atoms with Crippen molar-refractivity contribution in [1.29, 1.82) is 5.26 Å². The first-order valence-electron chi connectivity index (χ1n) is 6.33. The van der Waals surface area contributed by atoms with E-state index in [-0.39, 0.29) is 30.3 Å². The number of nitro groups is 1. The van der Waals surface area contributed by atoms with Gasteiger partial charge in [-0.3, -0.25) is 14.9 Å². The SMILES string of the molecule is CNc1ccc([N+](=O)[O-])cc1C(=O)N1CCOC(C#N)C1. The van der Waals surface area contributed by atoms with Gasteiger partial charge in [0.25, 0.3) is 11.6 Å². The quantitative estimate of drug-likeness (QED) is 0.657. The van der Waals surface area contributed by atoms with Crippen molar-refractivity contribution in [2.75, 3.05) is 32.1 Å². The second-order valence-corrected chi connectivity index (χ2v) is 4.48. The molecule has 1 aromatic carbocycles. The fourth-order valence-corrected chi connectivity index (χ4v) is 2.12. The van der Waals surface area contributed by atoms with Crippen LogP contribution in [0.3, 0.4) is 0 Å². The van der Waals surface area contributed by atoms with Gasteiger partial charge in [-0.1, -0.05) is 0 Å². The van der Waals surface area contributed by atoms with E-state index in [4.69, 9.17) is 10.00 Å². The van der Waals surface area contributed by atoms with Crippen LogP contribution in [0.5, 0.6) is 0 Å². The average molecular weight is 290 g/mol. The Morgan fingerprint density at radius 1 is 1.62 bits per heavy atom. The summed E-state index contributed by atoms with van der Waals surface area (Å²) in [5.74, 6) is -0.355. The fraction of sp³-hybridized carbons (Fsp3) is 0.385. The molecule has 0 saturated carbocycles. The zero-order valence-electron chi connectivity index (χ0n) is 11.4. The van der Waals surface area contributed by atoms with E-state index in [1.807, 2.05) is 6.07 Å². The number of nitrogens with one attached hydrogen (secondary N) is 1. The third-order valence-electron chi connectivity index (χ3n) is 3.21. The largest absolute Gasteiger partial charge is 0.387 e. The molecule has 1 fully saturated rings. The molecular weight excluding hydrogens is 276 g/mol. The summed E-state index contributed by atoms with van der Waals surface area (Å²) < 4.78 is 5.18. The number of carbonyl (C=O) groups excluding carboxylic acids is 1. The number of benzene rings is 1. The third kappa shape index (κ3) is 3.09. The number of nitriles is 1. The highest BCUT2D eigenvalue weighted by atomic mass is 16.6. The van der Waals surface area contributed by atoms with Crippen LogP contribution >= 0.6 is 0 Å². The molecule has 1 unspecified atom stereocenters. The van der Waals surface area contributed by atoms with E-state index in [0.29, 0.717) is 12.2 Å². The van der Waals surface area contributed by atoms with Crippen LogP contribution in [0.25, 0.3) is 0 Å². The van der Waals surface area contributed by atoms with Crippen molar-refractivity contribution >= 4 is 17.3 Å². The molecule has 1 atom stereocenters. The van der Waals surface area contributed by atoms with Gasteiger partial charge in [0.15, 0.2) is 6.10 Å². The van der Waals surface area contributed by atoms with Gasteiger partial charge >= 0.3 is 0 Å². The van der Waals surface area contributed by atoms with Crippen molar-refractivity contribution in [2.45, 2.75) is 6.10 Å². The lowest BCUT2D eigenvalue weighted by Crippen LogP contribution is -2.45. The Hall–Kier alpha value is -2.66. The Morgan fingerprint density at radius 3 is 3.00 bits per heavy atom. The van der Waals surface area contributed by atoms with Crippen LogP contribution in [0.4, 0.5) is 11.4 Å². The summed E-state index contributed by atoms with van der Waals surface area (Å²) in [5, 5.41) is 22.6. The van der Waals surface area contributed by atoms with Gasteiger partial charge in [-0.05, 0) is 6.07 Å². The van der Waals surface area contributed by atoms with E-state index in [1.165, 1.54) is 23.1 Å². The molecule has 0 aromatic heterocycles. The number of nitro benzene ring substituents is 1. The highest BCUT2D eigenvalue weighted by molar-refractivity contribution is 6.00. The van der Waals surface area contributed by atoms with Crippen LogP contribution in [-0.2, 0) is 4.74 Å². The predicted octanol–water partition coefficient (Wildman–Crippen LogP) is 1.00. The van der Waals surface area contributed by atoms with Crippen molar-refractivity contribution in [3.63, 3.8) is 0 Å². The van der Waals surface area contributed by atoms with E-state index in [1.54, 1.807) is 7.05 Å². The van der Waals surface area contributed by atoms with Crippen LogP contribution in [0, 0.1) is 21.4 Å². The molecule has 0 spiro atoms. The molecule has 2 rings (SSSR count). The Kier molecular flexibility index (Phi) is 4.35. The molecule has 1 aliphatic heterocycles. The summed E-state index contributed by atoms with van der Waals surface area (Å²) in [6.45, 7) is 0.776. The number of non-ortho nitro benzene ring substituents is 1. The second-order valence-electron chi connectivity index (χ2n) is 4.48. The maximum atomic E-state index is 12.5. The number of hydrogen-bond donors (Lipinski definition) is 1. The van der Waals surface area contributed by atoms with Crippen molar-refractivity contribution < 1.29 is 14.5 Å². The Bertz CT molecular complexity index is 611. The summed E-state index contributed by atoms with van der Waals surface area (Å²) in [6, 6.07) is 6.03. The molecular formula is C13H14N4O4. The highest BCUT2D eigenvalue weighted by Gasteiger charge is 2.27. The first-order valence-corrected chi connectivity index (χ1v) is 6.33. The zero-order chi connectivity index (χ0) is 15.4. The van der Waals surface area contributed by atoms with Gasteiger partial charge in [-0.25, -0.2) is 0 Å². The molecule has 0 radical (unpaired) electrons. The van der Waals surface area contributed by atoms with Crippen LogP contribution in [0.2, 0.25) is 0 Å². The second kappa shape index (κ2) is 6.19. The van der Waals surface area contributed by atoms with Gasteiger partial charge in [0.05, 0.1) is 29.7 Å². The highest BCUT2D eigenvalue weighted by Crippen LogP contribution is 2.24. The molecule has 1 amide bonds. The summed E-state index contributed by atoms with van der Waals surface area (Å²) in [6.07, 6.45) is -0.667. The fourth-order valence-electron chi connectivity index (χ4n) is 2.12. The maximum absolute atomic E-state index is 12.5. The molecule has 8 nitrogen and oxygen atoms in total. The third-order valence-corrected chi connectivity index (χ3v) is 3.21. The maximum Gasteiger partial charge on any atom is 0.270 e. The van der Waals surface area contributed by atoms with E-state index in [0.717, 1.165) is 0 Å². The Balaban J connectivity index is 2.31. The number of nitrogens with zero attached hydrogens (tertiary/aromatic N) is 3. The Morgan fingerprint density at radius 2 is 2.38 bits per heavy atom. The normalized spacial score (nSPS) is 17.9. The Labute approximate surface area is 121 Å². The number of ether oxygens (including phenoxy) is 1. The molecule has 1 aromatic rings. The molecule has 0 aliphatic carbocycles. The number of carbonyl (C=O) groups is 1. The standard InChI is InChI=1S/C13H14N4O4/c1-15-12-3-2-9(17(19)20)6-11(12)13(18)16-4-5-21-10(7-14)8-16/h2-3,6,10,15H,4-5,8H2,1H3. The van der Waals surface area contributed by atoms with E-state index >= 15 is 0 Å². The molecule has 0 bridgehead atoms. The lowest BCUT2D eigenvalue weighted by atomic mass is 10.1. The van der Waals surface area contributed by atoms with E-state index in [9.17, 15) is 14.9 Å². The van der Waals surface area contributed by atoms with Gasteiger partial charge in [0, 0.05) is 31.4 Å². The van der Waals surface area contributed by atoms with Crippen molar-refractivity contribution in [1.82, 2.24) is 4.90 Å². The molecule has 1 saturated heterocycles. The molecule has 21 heavy (non-hydrogen) atoms. The van der Waals surface area contributed by atoms with Gasteiger partial charge < -0.3 is 15.0 Å². The predicted molar refractivity (Wildman–Crippen MR) is 73.9 cm³/mol. The number of hydrogen-bond acceptors (Lipinski definition) is 6. The lowest BCUT2D eigenvalue weighted by Gasteiger charge is -2.30. The summed E-state index contributed by atoms with van der Waals surface area (Å²) >= 11 is 0. The van der Waals surface area contributed by atoms with Gasteiger partial charge in [-0.2, -0.15) is 5.26 Å². The van der Waals surface area contributed by atoms with Crippen LogP contribution in [0.15, 0.2) is 18.2 Å². The summed E-state index contributed by atoms with van der Waals surface area (Å²) in [4.78, 5) is 24.3. The van der Waals surface area contributed by atoms with Crippen LogP contribution in [0.1, 0.15) is 10.4 Å². The lowest BCUT2D eigenvalue weighted by molar-refractivity contribution is -0.384. The monoisotopic (exact) mass is 290 g/mol. The van der Waals surface area contributed by atoms with E-state index in [2.05, 4.69) is 5.32 Å². The van der Waals surface area contributed by atoms with Crippen molar-refractivity contribution in [2.24, 2.45) is 0 Å². The number of amides is 1. The number of morpholine rings is 1. The number of rotatable bonds is 3. The molecule has 1 aliphatic rings. The smallest absolute Gasteiger partial charge is 0.270 e. The minimum atomic E-state index is -0.667. The van der Waals surface area contributed by atoms with Crippen LogP contribution < -0.4 is 5.32 Å². The van der Waals surface area contributed by atoms with Gasteiger partial charge in [0.1, 0.15) is 0 Å². The zero-order valence-corrected chi connectivity index (χ0v) is 11.4. The molecule has 8 heteroatoms. The summed E-state index contributed by atoms with van der Waals surface area (Å²) in [7, 11) is 1.63. The minimum absolute atomic E-state index is 0.151. The van der Waals surface area contributed by atoms with Crippen molar-refractivity contribution in [3.05, 3.63) is 33.9 Å². The van der Waals surface area contributed by atoms with Gasteiger partial charge in [-0.15, -0.1) is 0 Å². The number of anilines is 1. The van der Waals surface area contributed by atoms with Crippen LogP contribution in [-0.4, -0.2) is 48.6 Å². The average Bonchev–Trinajstić information content (AvgIpc) is 2.53. The molecule has 1 heterocycles. The minimum Gasteiger partial charge on any atom is -0.387 e. The topological polar surface area (TPSA) is 108 Å². The summed E-state index contributed by atoms with van der Waals surface area (Å²) in [5.41, 5.74) is 0.568. The first-order chi connectivity index (χ1) is 10.1. The van der Waals surface area contributed by atoms with E-state index < -0.39 is 11.0 Å². The molecule has 1 N–H and O–H groups in total. The molecule has 110 valence electrons. The first kappa shape index (κ1) is 14.7. The van der Waals surface area contributed by atoms with Gasteiger partial charge in [0.2, 0.25) is 0 Å².